The Morgan fingerprint density at radius 3 is 2.60 bits per heavy atom. The maximum atomic E-state index is 5.40. The van der Waals surface area contributed by atoms with E-state index in [-0.39, 0.29) is 24.0 Å². The third-order valence-corrected chi connectivity index (χ3v) is 4.73. The van der Waals surface area contributed by atoms with E-state index in [1.54, 1.807) is 6.26 Å². The summed E-state index contributed by atoms with van der Waals surface area (Å²) in [5.41, 5.74) is 1.22. The number of guanidine groups is 1. The van der Waals surface area contributed by atoms with Crippen LogP contribution in [0.3, 0.4) is 0 Å². The molecule has 3 aromatic rings. The topological polar surface area (TPSA) is 83.5 Å². The van der Waals surface area contributed by atoms with E-state index in [1.807, 2.05) is 36.7 Å². The molecule has 0 fully saturated rings. The van der Waals surface area contributed by atoms with Crippen LogP contribution in [-0.4, -0.2) is 40.9 Å². The van der Waals surface area contributed by atoms with Crippen LogP contribution in [-0.2, 0) is 20.1 Å². The normalized spacial score (nSPS) is 11.1. The molecule has 0 spiro atoms. The van der Waals surface area contributed by atoms with Gasteiger partial charge in [0.05, 0.1) is 12.8 Å². The average molecular weight is 523 g/mol. The van der Waals surface area contributed by atoms with Gasteiger partial charge in [0.15, 0.2) is 11.8 Å². The molecule has 2 heterocycles. The van der Waals surface area contributed by atoms with Gasteiger partial charge in [-0.15, -0.1) is 34.2 Å². The summed E-state index contributed by atoms with van der Waals surface area (Å²) in [6, 6.07) is 14.2. The van der Waals surface area contributed by atoms with Crippen LogP contribution in [0.2, 0.25) is 0 Å². The first-order chi connectivity index (χ1) is 14.1. The highest BCUT2D eigenvalue weighted by Gasteiger charge is 2.06. The Kier molecular flexibility index (Phi) is 9.65. The van der Waals surface area contributed by atoms with Crippen LogP contribution in [0.5, 0.6) is 0 Å². The van der Waals surface area contributed by atoms with Gasteiger partial charge in [-0.3, -0.25) is 0 Å². The largest absolute Gasteiger partial charge is 0.467 e. The number of anilines is 1. The lowest BCUT2D eigenvalue weighted by Crippen LogP contribution is -2.38. The summed E-state index contributed by atoms with van der Waals surface area (Å²) < 4.78 is 7.34. The van der Waals surface area contributed by atoms with Crippen molar-refractivity contribution in [1.29, 1.82) is 0 Å². The number of para-hydroxylation sites is 1. The van der Waals surface area contributed by atoms with Crippen molar-refractivity contribution in [2.24, 2.45) is 12.0 Å². The predicted octanol–water partition coefficient (Wildman–Crippen LogP) is 3.10. The Hall–Kier alpha value is -2.56. The van der Waals surface area contributed by atoms with Crippen LogP contribution in [0.15, 0.2) is 58.1 Å². The van der Waals surface area contributed by atoms with E-state index in [0.717, 1.165) is 42.9 Å². The molecule has 30 heavy (non-hydrogen) atoms. The zero-order chi connectivity index (χ0) is 20.5. The summed E-state index contributed by atoms with van der Waals surface area (Å²) in [6.07, 6.45) is 2.65. The van der Waals surface area contributed by atoms with E-state index < -0.39 is 0 Å². The Bertz CT molecular complexity index is 893. The van der Waals surface area contributed by atoms with Gasteiger partial charge in [0, 0.05) is 32.9 Å². The fourth-order valence-corrected chi connectivity index (χ4v) is 2.83. The molecule has 2 N–H and O–H groups in total. The Morgan fingerprint density at radius 2 is 1.93 bits per heavy atom. The van der Waals surface area contributed by atoms with E-state index in [1.165, 1.54) is 5.69 Å². The average Bonchev–Trinajstić information content (AvgIpc) is 3.38. The van der Waals surface area contributed by atoms with E-state index >= 15 is 0 Å². The smallest absolute Gasteiger partial charge is 0.192 e. The fourth-order valence-electron chi connectivity index (χ4n) is 2.83. The van der Waals surface area contributed by atoms with Crippen molar-refractivity contribution in [3.8, 4) is 0 Å². The van der Waals surface area contributed by atoms with Gasteiger partial charge in [0.2, 0.25) is 0 Å². The summed E-state index contributed by atoms with van der Waals surface area (Å²) >= 11 is 0. The lowest BCUT2D eigenvalue weighted by atomic mass is 10.3. The molecule has 1 aromatic carbocycles. The standard InChI is InChI=1S/C21H29N7O.HI/c1-17-25-26-20(28(17)3)16-24-21(23-15-19-11-7-14-29-19)22-12-8-13-27(2)18-9-5-4-6-10-18;/h4-7,9-11,14H,8,12-13,15-16H2,1-3H3,(H2,22,23,24);1H. The van der Waals surface area contributed by atoms with E-state index in [4.69, 9.17) is 4.42 Å². The molecule has 0 aliphatic rings. The van der Waals surface area contributed by atoms with Gasteiger partial charge in [-0.1, -0.05) is 18.2 Å². The Labute approximate surface area is 194 Å². The molecule has 8 nitrogen and oxygen atoms in total. The van der Waals surface area contributed by atoms with Crippen molar-refractivity contribution < 1.29 is 4.42 Å². The molecule has 0 unspecified atom stereocenters. The first kappa shape index (κ1) is 23.7. The summed E-state index contributed by atoms with van der Waals surface area (Å²) in [5, 5.41) is 15.0. The van der Waals surface area contributed by atoms with Gasteiger partial charge >= 0.3 is 0 Å². The Morgan fingerprint density at radius 1 is 1.13 bits per heavy atom. The van der Waals surface area contributed by atoms with Crippen LogP contribution >= 0.6 is 24.0 Å². The number of halogens is 1. The third-order valence-electron chi connectivity index (χ3n) is 4.73. The molecule has 0 radical (unpaired) electrons. The second-order valence-corrected chi connectivity index (χ2v) is 6.86. The zero-order valence-electron chi connectivity index (χ0n) is 17.7. The first-order valence-corrected chi connectivity index (χ1v) is 9.79. The van der Waals surface area contributed by atoms with Crippen LogP contribution in [0.4, 0.5) is 5.69 Å². The monoisotopic (exact) mass is 523 g/mol. The lowest BCUT2D eigenvalue weighted by molar-refractivity contribution is 0.501. The number of rotatable bonds is 9. The SMILES string of the molecule is Cc1nnc(CN=C(NCCCN(C)c2ccccc2)NCc2ccco2)n1C.I. The molecule has 0 atom stereocenters. The maximum Gasteiger partial charge on any atom is 0.192 e. The summed E-state index contributed by atoms with van der Waals surface area (Å²) in [6.45, 7) is 4.71. The minimum atomic E-state index is 0. The van der Waals surface area contributed by atoms with Gasteiger partial charge in [-0.25, -0.2) is 4.99 Å². The van der Waals surface area contributed by atoms with Crippen LogP contribution in [0, 0.1) is 6.92 Å². The van der Waals surface area contributed by atoms with E-state index in [2.05, 4.69) is 62.0 Å². The number of nitrogens with zero attached hydrogens (tertiary/aromatic N) is 5. The molecule has 2 aromatic heterocycles. The summed E-state index contributed by atoms with van der Waals surface area (Å²) in [4.78, 5) is 6.91. The number of aliphatic imine (C=N–C) groups is 1. The van der Waals surface area contributed by atoms with Crippen molar-refractivity contribution in [1.82, 2.24) is 25.4 Å². The Balaban J connectivity index is 0.00000320. The molecule has 0 saturated carbocycles. The van der Waals surface area contributed by atoms with Crippen LogP contribution in [0.25, 0.3) is 0 Å². The highest BCUT2D eigenvalue weighted by Crippen LogP contribution is 2.10. The summed E-state index contributed by atoms with van der Waals surface area (Å²) in [7, 11) is 4.05. The van der Waals surface area contributed by atoms with Crippen molar-refractivity contribution >= 4 is 35.6 Å². The number of furan rings is 1. The maximum absolute atomic E-state index is 5.40. The number of aromatic nitrogens is 3. The van der Waals surface area contributed by atoms with E-state index in [9.17, 15) is 0 Å². The van der Waals surface area contributed by atoms with Gasteiger partial charge in [0.25, 0.3) is 0 Å². The third kappa shape index (κ3) is 7.05. The second kappa shape index (κ2) is 12.2. The first-order valence-electron chi connectivity index (χ1n) is 9.79. The minimum absolute atomic E-state index is 0. The number of hydrogen-bond acceptors (Lipinski definition) is 5. The molecule has 0 aliphatic heterocycles. The number of nitrogens with one attached hydrogen (secondary N) is 2. The molecule has 0 saturated heterocycles. The highest BCUT2D eigenvalue weighted by molar-refractivity contribution is 14.0. The van der Waals surface area contributed by atoms with Crippen molar-refractivity contribution in [2.45, 2.75) is 26.4 Å². The van der Waals surface area contributed by atoms with Gasteiger partial charge in [0.1, 0.15) is 18.1 Å². The van der Waals surface area contributed by atoms with Crippen LogP contribution in [0.1, 0.15) is 23.8 Å². The summed E-state index contributed by atoms with van der Waals surface area (Å²) in [5.74, 6) is 3.28. The number of aryl methyl sites for hydroxylation is 1. The molecule has 0 amide bonds. The molecular weight excluding hydrogens is 493 g/mol. The van der Waals surface area contributed by atoms with Crippen molar-refractivity contribution in [2.75, 3.05) is 25.0 Å². The quantitative estimate of drug-likeness (QED) is 0.194. The van der Waals surface area contributed by atoms with Crippen molar-refractivity contribution in [3.05, 3.63) is 66.1 Å². The molecular formula is C21H30IN7O. The lowest BCUT2D eigenvalue weighted by Gasteiger charge is -2.19. The molecule has 9 heteroatoms. The molecule has 0 aliphatic carbocycles. The fraction of sp³-hybridized carbons (Fsp3) is 0.381. The second-order valence-electron chi connectivity index (χ2n) is 6.86. The molecule has 3 rings (SSSR count). The minimum Gasteiger partial charge on any atom is -0.467 e. The van der Waals surface area contributed by atoms with Crippen LogP contribution < -0.4 is 15.5 Å². The number of hydrogen-bond donors (Lipinski definition) is 2. The van der Waals surface area contributed by atoms with E-state index in [0.29, 0.717) is 13.1 Å². The van der Waals surface area contributed by atoms with Gasteiger partial charge in [-0.2, -0.15) is 0 Å². The molecule has 162 valence electrons. The van der Waals surface area contributed by atoms with Crippen molar-refractivity contribution in [3.63, 3.8) is 0 Å². The molecule has 0 bridgehead atoms. The predicted molar refractivity (Wildman–Crippen MR) is 130 cm³/mol. The van der Waals surface area contributed by atoms with Gasteiger partial charge in [-0.05, 0) is 37.6 Å². The number of benzene rings is 1. The highest BCUT2D eigenvalue weighted by atomic mass is 127. The zero-order valence-corrected chi connectivity index (χ0v) is 20.0. The van der Waals surface area contributed by atoms with Gasteiger partial charge < -0.3 is 24.5 Å².